The van der Waals surface area contributed by atoms with Gasteiger partial charge in [-0.2, -0.15) is 4.98 Å². The van der Waals surface area contributed by atoms with Crippen molar-refractivity contribution in [2.45, 2.75) is 32.9 Å². The lowest BCUT2D eigenvalue weighted by Gasteiger charge is -2.17. The molecule has 0 unspecified atom stereocenters. The lowest BCUT2D eigenvalue weighted by atomic mass is 10.0. The molecule has 0 saturated heterocycles. The molecule has 0 spiro atoms. The molecule has 1 heterocycles. The van der Waals surface area contributed by atoms with Crippen LogP contribution in [0.1, 0.15) is 36.2 Å². The Morgan fingerprint density at radius 3 is 2.36 bits per heavy atom. The zero-order valence-corrected chi connectivity index (χ0v) is 22.1. The molecule has 0 saturated carbocycles. The summed E-state index contributed by atoms with van der Waals surface area (Å²) >= 11 is 0. The number of rotatable bonds is 11. The first-order valence-corrected chi connectivity index (χ1v) is 13.5. The number of carbonyl (C=O) groups excluding carboxylic acids is 1. The lowest BCUT2D eigenvalue weighted by molar-refractivity contribution is -0.146. The minimum atomic E-state index is -3.91. The van der Waals surface area contributed by atoms with Gasteiger partial charge in [0.15, 0.2) is 17.7 Å². The predicted octanol–water partition coefficient (Wildman–Crippen LogP) is 3.85. The number of halogens is 2. The molecule has 39 heavy (non-hydrogen) atoms. The highest BCUT2D eigenvalue weighted by molar-refractivity contribution is 7.89. The molecule has 3 aromatic rings. The number of carboxylic acids is 1. The largest absolute Gasteiger partial charge is 0.479 e. The molecule has 2 aromatic carbocycles. The van der Waals surface area contributed by atoms with Gasteiger partial charge in [-0.1, -0.05) is 32.0 Å². The second-order valence-electron chi connectivity index (χ2n) is 9.09. The van der Waals surface area contributed by atoms with Crippen molar-refractivity contribution in [3.05, 3.63) is 71.3 Å². The van der Waals surface area contributed by atoms with Crippen LogP contribution in [0.5, 0.6) is 17.5 Å². The van der Waals surface area contributed by atoms with Gasteiger partial charge in [0.25, 0.3) is 17.7 Å². The number of carboxylic acid groups (broad SMARTS) is 1. The Morgan fingerprint density at radius 1 is 1.05 bits per heavy atom. The van der Waals surface area contributed by atoms with E-state index in [1.807, 2.05) is 4.72 Å². The number of hydrogen-bond donors (Lipinski definition) is 3. The van der Waals surface area contributed by atoms with Crippen molar-refractivity contribution < 1.29 is 41.4 Å². The van der Waals surface area contributed by atoms with Gasteiger partial charge in [0, 0.05) is 18.2 Å². The summed E-state index contributed by atoms with van der Waals surface area (Å²) < 4.78 is 64.9. The maximum absolute atomic E-state index is 14.7. The van der Waals surface area contributed by atoms with Crippen LogP contribution in [0.25, 0.3) is 11.1 Å². The maximum atomic E-state index is 14.7. The van der Waals surface area contributed by atoms with Crippen LogP contribution in [0.15, 0.2) is 48.5 Å². The van der Waals surface area contributed by atoms with Gasteiger partial charge in [0.05, 0.1) is 6.26 Å². The summed E-state index contributed by atoms with van der Waals surface area (Å²) in [6.07, 6.45) is -0.609. The highest BCUT2D eigenvalue weighted by Crippen LogP contribution is 2.32. The van der Waals surface area contributed by atoms with Crippen molar-refractivity contribution >= 4 is 21.9 Å². The van der Waals surface area contributed by atoms with Crippen LogP contribution in [0.4, 0.5) is 8.78 Å². The van der Waals surface area contributed by atoms with Gasteiger partial charge in [-0.05, 0) is 53.3 Å². The Balaban J connectivity index is 2.06. The van der Waals surface area contributed by atoms with E-state index in [0.29, 0.717) is 17.2 Å². The summed E-state index contributed by atoms with van der Waals surface area (Å²) in [7, 11) is -3.91. The van der Waals surface area contributed by atoms with E-state index in [-0.39, 0.29) is 30.2 Å². The molecule has 1 amide bonds. The molecule has 0 aliphatic carbocycles. The van der Waals surface area contributed by atoms with Gasteiger partial charge in [0.1, 0.15) is 5.75 Å². The van der Waals surface area contributed by atoms with Crippen molar-refractivity contribution in [2.75, 3.05) is 6.26 Å². The predicted molar refractivity (Wildman–Crippen MR) is 138 cm³/mol. The van der Waals surface area contributed by atoms with E-state index in [1.165, 1.54) is 12.1 Å². The molecule has 13 heteroatoms. The number of nitrogens with two attached hydrogens (primary N) is 1. The zero-order chi connectivity index (χ0) is 28.9. The van der Waals surface area contributed by atoms with Crippen LogP contribution in [0, 0.1) is 17.6 Å². The number of amides is 1. The monoisotopic (exact) mass is 563 g/mol. The number of carbonyl (C=O) groups is 2. The third-order valence-corrected chi connectivity index (χ3v) is 5.79. The van der Waals surface area contributed by atoms with Crippen LogP contribution in [0.3, 0.4) is 0 Å². The molecule has 208 valence electrons. The summed E-state index contributed by atoms with van der Waals surface area (Å²) in [5.41, 5.74) is 7.32. The summed E-state index contributed by atoms with van der Waals surface area (Å²) in [4.78, 5) is 27.9. The first-order chi connectivity index (χ1) is 18.3. The number of benzene rings is 2. The topological polar surface area (TPSA) is 158 Å². The smallest absolute Gasteiger partial charge is 0.344 e. The number of nitrogens with zero attached hydrogens (tertiary/aromatic N) is 1. The van der Waals surface area contributed by atoms with E-state index in [9.17, 15) is 31.9 Å². The first kappa shape index (κ1) is 29.5. The Hall–Kier alpha value is -4.10. The van der Waals surface area contributed by atoms with Gasteiger partial charge in [0.2, 0.25) is 10.0 Å². The van der Waals surface area contributed by atoms with Crippen molar-refractivity contribution in [3.8, 4) is 28.6 Å². The molecule has 4 N–H and O–H groups in total. The van der Waals surface area contributed by atoms with Crippen LogP contribution in [0.2, 0.25) is 0 Å². The standard InChI is InChI=1S/C26H27F2N3O7S/c1-14(2)7-22(26(33)34)38-25-21(28)12-20(27)24(30-25)37-19-10-17(16-6-4-5-15(8-16)13-29)9-18(11-19)23(32)31-39(3,35)36/h4-6,8-12,14,22H,7,13,29H2,1-3H3,(H,31,32)(H,33,34)/t22-/m1/s1. The molecular weight excluding hydrogens is 536 g/mol. The molecule has 1 aromatic heterocycles. The Kier molecular flexibility index (Phi) is 9.20. The van der Waals surface area contributed by atoms with E-state index in [2.05, 4.69) is 4.98 Å². The van der Waals surface area contributed by atoms with Crippen molar-refractivity contribution in [2.24, 2.45) is 11.7 Å². The van der Waals surface area contributed by atoms with Gasteiger partial charge in [-0.25, -0.2) is 26.7 Å². The van der Waals surface area contributed by atoms with E-state index < -0.39 is 51.4 Å². The number of nitrogens with one attached hydrogen (secondary N) is 1. The molecule has 0 aliphatic rings. The third-order valence-electron chi connectivity index (χ3n) is 5.24. The van der Waals surface area contributed by atoms with Crippen LogP contribution >= 0.6 is 0 Å². The molecule has 3 rings (SSSR count). The number of aliphatic carboxylic acids is 1. The number of hydrogen-bond acceptors (Lipinski definition) is 8. The molecule has 0 fully saturated rings. The van der Waals surface area contributed by atoms with Gasteiger partial charge < -0.3 is 20.3 Å². The summed E-state index contributed by atoms with van der Waals surface area (Å²) in [5.74, 6) is -6.61. The molecule has 10 nitrogen and oxygen atoms in total. The third kappa shape index (κ3) is 8.19. The summed E-state index contributed by atoms with van der Waals surface area (Å²) in [6, 6.07) is 11.3. The minimum absolute atomic E-state index is 0.0345. The van der Waals surface area contributed by atoms with E-state index in [4.69, 9.17) is 15.2 Å². The zero-order valence-electron chi connectivity index (χ0n) is 21.3. The van der Waals surface area contributed by atoms with Gasteiger partial charge in [-0.3, -0.25) is 4.79 Å². The van der Waals surface area contributed by atoms with E-state index in [1.54, 1.807) is 38.1 Å². The quantitative estimate of drug-likeness (QED) is 0.315. The number of ether oxygens (including phenoxy) is 2. The summed E-state index contributed by atoms with van der Waals surface area (Å²) in [6.45, 7) is 3.72. The summed E-state index contributed by atoms with van der Waals surface area (Å²) in [5, 5.41) is 9.40. The fraction of sp³-hybridized carbons (Fsp3) is 0.269. The fourth-order valence-electron chi connectivity index (χ4n) is 3.52. The number of pyridine rings is 1. The number of sulfonamides is 1. The minimum Gasteiger partial charge on any atom is -0.479 e. The van der Waals surface area contributed by atoms with Gasteiger partial charge >= 0.3 is 5.97 Å². The Bertz CT molecular complexity index is 1500. The van der Waals surface area contributed by atoms with Crippen LogP contribution in [-0.2, 0) is 21.4 Å². The second-order valence-corrected chi connectivity index (χ2v) is 10.8. The normalized spacial score (nSPS) is 12.2. The van der Waals surface area contributed by atoms with E-state index >= 15 is 0 Å². The van der Waals surface area contributed by atoms with Crippen LogP contribution < -0.4 is 19.9 Å². The van der Waals surface area contributed by atoms with Crippen LogP contribution in [-0.4, -0.2) is 42.7 Å². The Labute approximate surface area is 223 Å². The molecule has 1 atom stereocenters. The Morgan fingerprint density at radius 2 is 1.74 bits per heavy atom. The van der Waals surface area contributed by atoms with Gasteiger partial charge in [-0.15, -0.1) is 0 Å². The number of aromatic nitrogens is 1. The first-order valence-electron chi connectivity index (χ1n) is 11.7. The second kappa shape index (κ2) is 12.2. The fourth-order valence-corrected chi connectivity index (χ4v) is 3.98. The average Bonchev–Trinajstić information content (AvgIpc) is 2.84. The highest BCUT2D eigenvalue weighted by atomic mass is 32.2. The molecule has 0 radical (unpaired) electrons. The molecule has 0 aliphatic heterocycles. The van der Waals surface area contributed by atoms with Crippen molar-refractivity contribution in [3.63, 3.8) is 0 Å². The average molecular weight is 564 g/mol. The van der Waals surface area contributed by atoms with E-state index in [0.717, 1.165) is 17.9 Å². The van der Waals surface area contributed by atoms with Crippen molar-refractivity contribution in [1.82, 2.24) is 9.71 Å². The molecule has 0 bridgehead atoms. The lowest BCUT2D eigenvalue weighted by Crippen LogP contribution is -2.29. The maximum Gasteiger partial charge on any atom is 0.344 e. The molecular formula is C26H27F2N3O7S. The highest BCUT2D eigenvalue weighted by Gasteiger charge is 2.25. The van der Waals surface area contributed by atoms with Crippen molar-refractivity contribution in [1.29, 1.82) is 0 Å². The SMILES string of the molecule is CC(C)C[C@@H](Oc1nc(Oc2cc(C(=O)NS(C)(=O)=O)cc(-c3cccc(CN)c3)c2)c(F)cc1F)C(=O)O.